The second kappa shape index (κ2) is 3.53. The molecule has 1 rings (SSSR count). The first-order chi connectivity index (χ1) is 5.27. The zero-order valence-electron chi connectivity index (χ0n) is 6.37. The lowest BCUT2D eigenvalue weighted by molar-refractivity contribution is 0.417. The summed E-state index contributed by atoms with van der Waals surface area (Å²) in [5.74, 6) is 1.42. The third-order valence-corrected chi connectivity index (χ3v) is 1.84. The molecule has 0 aliphatic carbocycles. The smallest absolute Gasteiger partial charge is 0.141 e. The summed E-state index contributed by atoms with van der Waals surface area (Å²) in [6.45, 7) is 0. The molecule has 0 atom stereocenters. The van der Waals surface area contributed by atoms with E-state index in [0.29, 0.717) is 11.4 Å². The molecule has 1 aromatic carbocycles. The van der Waals surface area contributed by atoms with Gasteiger partial charge in [-0.05, 0) is 17.7 Å². The largest absolute Gasteiger partial charge is 0.495 e. The molecule has 0 fully saturated rings. The maximum atomic E-state index is 5.65. The molecule has 0 radical (unpaired) electrons. The lowest BCUT2D eigenvalue weighted by Gasteiger charge is -2.04. The van der Waals surface area contributed by atoms with E-state index in [1.165, 1.54) is 0 Å². The Morgan fingerprint density at radius 1 is 1.55 bits per heavy atom. The van der Waals surface area contributed by atoms with Crippen molar-refractivity contribution in [3.63, 3.8) is 0 Å². The molecule has 0 unspecified atom stereocenters. The predicted molar refractivity (Wildman–Crippen MR) is 50.1 cm³/mol. The van der Waals surface area contributed by atoms with E-state index in [1.807, 2.05) is 18.2 Å². The van der Waals surface area contributed by atoms with Crippen molar-refractivity contribution >= 4 is 18.3 Å². The topological polar surface area (TPSA) is 35.2 Å². The first-order valence-electron chi connectivity index (χ1n) is 3.31. The number of methoxy groups -OCH3 is 1. The molecule has 1 aromatic rings. The third-order valence-electron chi connectivity index (χ3n) is 1.48. The average Bonchev–Trinajstić information content (AvgIpc) is 2.04. The number of ether oxygens (including phenoxy) is 1. The van der Waals surface area contributed by atoms with Crippen LogP contribution in [-0.4, -0.2) is 7.11 Å². The monoisotopic (exact) mass is 169 g/mol. The Morgan fingerprint density at radius 3 is 2.73 bits per heavy atom. The lowest BCUT2D eigenvalue weighted by Crippen LogP contribution is -1.92. The Balaban J connectivity index is 2.99. The highest BCUT2D eigenvalue weighted by molar-refractivity contribution is 7.79. The summed E-state index contributed by atoms with van der Waals surface area (Å²) >= 11 is 4.12. The number of rotatable bonds is 2. The van der Waals surface area contributed by atoms with Crippen LogP contribution in [-0.2, 0) is 5.75 Å². The van der Waals surface area contributed by atoms with Gasteiger partial charge >= 0.3 is 0 Å². The highest BCUT2D eigenvalue weighted by Gasteiger charge is 1.97. The van der Waals surface area contributed by atoms with E-state index in [0.717, 1.165) is 11.3 Å². The van der Waals surface area contributed by atoms with Crippen LogP contribution < -0.4 is 10.5 Å². The first kappa shape index (κ1) is 8.27. The molecule has 60 valence electrons. The first-order valence-corrected chi connectivity index (χ1v) is 3.94. The molecule has 0 aliphatic heterocycles. The van der Waals surface area contributed by atoms with E-state index in [2.05, 4.69) is 12.6 Å². The zero-order valence-corrected chi connectivity index (χ0v) is 7.27. The molecular weight excluding hydrogens is 158 g/mol. The van der Waals surface area contributed by atoms with Gasteiger partial charge in [-0.1, -0.05) is 6.07 Å². The summed E-state index contributed by atoms with van der Waals surface area (Å²) in [5.41, 5.74) is 7.42. The minimum atomic E-state index is 0.666. The van der Waals surface area contributed by atoms with Gasteiger partial charge in [0.1, 0.15) is 5.75 Å². The molecular formula is C8H11NOS. The van der Waals surface area contributed by atoms with Gasteiger partial charge in [-0.15, -0.1) is 0 Å². The van der Waals surface area contributed by atoms with Crippen LogP contribution in [0.15, 0.2) is 18.2 Å². The second-order valence-corrected chi connectivity index (χ2v) is 2.55. The molecule has 0 aliphatic rings. The van der Waals surface area contributed by atoms with Crippen molar-refractivity contribution in [1.29, 1.82) is 0 Å². The SMILES string of the molecule is COc1ccc(CS)cc1N. The molecule has 0 amide bonds. The number of hydrogen-bond acceptors (Lipinski definition) is 3. The summed E-state index contributed by atoms with van der Waals surface area (Å²) in [6.07, 6.45) is 0. The van der Waals surface area contributed by atoms with Crippen LogP contribution >= 0.6 is 12.6 Å². The van der Waals surface area contributed by atoms with Crippen molar-refractivity contribution in [2.45, 2.75) is 5.75 Å². The van der Waals surface area contributed by atoms with Crippen LogP contribution in [0.4, 0.5) is 5.69 Å². The van der Waals surface area contributed by atoms with Gasteiger partial charge in [0.2, 0.25) is 0 Å². The molecule has 0 bridgehead atoms. The fourth-order valence-corrected chi connectivity index (χ4v) is 1.08. The van der Waals surface area contributed by atoms with Crippen LogP contribution in [0.5, 0.6) is 5.75 Å². The normalized spacial score (nSPS) is 9.64. The van der Waals surface area contributed by atoms with E-state index < -0.39 is 0 Å². The van der Waals surface area contributed by atoms with Crippen LogP contribution in [0, 0.1) is 0 Å². The highest BCUT2D eigenvalue weighted by atomic mass is 32.1. The van der Waals surface area contributed by atoms with E-state index >= 15 is 0 Å². The molecule has 3 heteroatoms. The number of hydrogen-bond donors (Lipinski definition) is 2. The van der Waals surface area contributed by atoms with Crippen molar-refractivity contribution in [2.75, 3.05) is 12.8 Å². The summed E-state index contributed by atoms with van der Waals surface area (Å²) < 4.78 is 4.99. The van der Waals surface area contributed by atoms with Crippen molar-refractivity contribution in [1.82, 2.24) is 0 Å². The average molecular weight is 169 g/mol. The summed E-state index contributed by atoms with van der Waals surface area (Å²) in [6, 6.07) is 5.66. The molecule has 0 heterocycles. The number of benzene rings is 1. The Kier molecular flexibility index (Phi) is 2.65. The molecule has 0 spiro atoms. The van der Waals surface area contributed by atoms with Gasteiger partial charge in [0.25, 0.3) is 0 Å². The van der Waals surface area contributed by atoms with E-state index in [4.69, 9.17) is 10.5 Å². The standard InChI is InChI=1S/C8H11NOS/c1-10-8-3-2-6(5-11)4-7(8)9/h2-4,11H,5,9H2,1H3. The molecule has 0 saturated heterocycles. The Bertz CT molecular complexity index is 250. The van der Waals surface area contributed by atoms with Crippen molar-refractivity contribution in [2.24, 2.45) is 0 Å². The highest BCUT2D eigenvalue weighted by Crippen LogP contribution is 2.22. The summed E-state index contributed by atoms with van der Waals surface area (Å²) in [4.78, 5) is 0. The lowest BCUT2D eigenvalue weighted by atomic mass is 10.2. The van der Waals surface area contributed by atoms with Crippen LogP contribution in [0.25, 0.3) is 0 Å². The fourth-order valence-electron chi connectivity index (χ4n) is 0.882. The predicted octanol–water partition coefficient (Wildman–Crippen LogP) is 1.71. The number of anilines is 1. The number of thiol groups is 1. The van der Waals surface area contributed by atoms with Crippen molar-refractivity contribution < 1.29 is 4.74 Å². The Morgan fingerprint density at radius 2 is 2.27 bits per heavy atom. The van der Waals surface area contributed by atoms with Gasteiger partial charge in [-0.3, -0.25) is 0 Å². The summed E-state index contributed by atoms with van der Waals surface area (Å²) in [7, 11) is 1.60. The van der Waals surface area contributed by atoms with Crippen LogP contribution in [0.2, 0.25) is 0 Å². The molecule has 0 aromatic heterocycles. The van der Waals surface area contributed by atoms with Gasteiger partial charge in [-0.2, -0.15) is 12.6 Å². The molecule has 11 heavy (non-hydrogen) atoms. The minimum absolute atomic E-state index is 0.666. The van der Waals surface area contributed by atoms with E-state index in [-0.39, 0.29) is 0 Å². The van der Waals surface area contributed by atoms with E-state index in [9.17, 15) is 0 Å². The number of nitrogen functional groups attached to an aromatic ring is 1. The van der Waals surface area contributed by atoms with Gasteiger partial charge < -0.3 is 10.5 Å². The van der Waals surface area contributed by atoms with Crippen molar-refractivity contribution in [3.8, 4) is 5.75 Å². The Hall–Kier alpha value is -0.830. The quantitative estimate of drug-likeness (QED) is 0.522. The van der Waals surface area contributed by atoms with Gasteiger partial charge in [-0.25, -0.2) is 0 Å². The van der Waals surface area contributed by atoms with Crippen molar-refractivity contribution in [3.05, 3.63) is 23.8 Å². The molecule has 2 N–H and O–H groups in total. The fraction of sp³-hybridized carbons (Fsp3) is 0.250. The second-order valence-electron chi connectivity index (χ2n) is 2.23. The van der Waals surface area contributed by atoms with E-state index in [1.54, 1.807) is 7.11 Å². The van der Waals surface area contributed by atoms with Gasteiger partial charge in [0, 0.05) is 5.75 Å². The third kappa shape index (κ3) is 1.80. The van der Waals surface area contributed by atoms with Gasteiger partial charge in [0.05, 0.1) is 12.8 Å². The van der Waals surface area contributed by atoms with Crippen LogP contribution in [0.1, 0.15) is 5.56 Å². The summed E-state index contributed by atoms with van der Waals surface area (Å²) in [5, 5.41) is 0. The minimum Gasteiger partial charge on any atom is -0.495 e. The molecule has 2 nitrogen and oxygen atoms in total. The van der Waals surface area contributed by atoms with Gasteiger partial charge in [0.15, 0.2) is 0 Å². The Labute approximate surface area is 71.8 Å². The maximum Gasteiger partial charge on any atom is 0.141 e. The van der Waals surface area contributed by atoms with Crippen LogP contribution in [0.3, 0.4) is 0 Å². The molecule has 0 saturated carbocycles. The zero-order chi connectivity index (χ0) is 8.27. The maximum absolute atomic E-state index is 5.65. The number of nitrogens with two attached hydrogens (primary N) is 1.